The molecule has 0 aliphatic carbocycles. The molecule has 0 rings (SSSR count). The van der Waals surface area contributed by atoms with Gasteiger partial charge < -0.3 is 0 Å². The third-order valence-electron chi connectivity index (χ3n) is 3.13. The largest absolute Gasteiger partial charge is 0.299 e. The van der Waals surface area contributed by atoms with Crippen LogP contribution in [-0.2, 0) is 4.79 Å². The van der Waals surface area contributed by atoms with E-state index >= 15 is 0 Å². The number of carbonyl (C=O) groups excluding carboxylic acids is 1. The molecule has 0 N–H and O–H groups in total. The molecule has 0 bridgehead atoms. The summed E-state index contributed by atoms with van der Waals surface area (Å²) in [6.07, 6.45) is 1.63. The van der Waals surface area contributed by atoms with Gasteiger partial charge in [-0.2, -0.15) is 0 Å². The Bertz CT molecular complexity index is 198. The highest BCUT2D eigenvalue weighted by Gasteiger charge is 2.38. The average molecular weight is 198 g/mol. The van der Waals surface area contributed by atoms with E-state index in [2.05, 4.69) is 41.5 Å². The van der Waals surface area contributed by atoms with Gasteiger partial charge in [0.15, 0.2) is 0 Å². The van der Waals surface area contributed by atoms with Crippen molar-refractivity contribution in [3.63, 3.8) is 0 Å². The molecule has 0 fully saturated rings. The number of rotatable bonds is 4. The molecule has 0 aromatic heterocycles. The Morgan fingerprint density at radius 3 is 1.79 bits per heavy atom. The van der Waals surface area contributed by atoms with Crippen molar-refractivity contribution in [2.45, 2.75) is 61.3 Å². The SMILES string of the molecule is CCC(=O)C(C)(CC(C)(C)C)C(C)C. The summed E-state index contributed by atoms with van der Waals surface area (Å²) in [4.78, 5) is 12.0. The quantitative estimate of drug-likeness (QED) is 0.665. The molecule has 0 aliphatic rings. The van der Waals surface area contributed by atoms with E-state index in [0.717, 1.165) is 6.42 Å². The van der Waals surface area contributed by atoms with Gasteiger partial charge >= 0.3 is 0 Å². The Morgan fingerprint density at radius 2 is 1.57 bits per heavy atom. The van der Waals surface area contributed by atoms with Gasteiger partial charge in [-0.3, -0.25) is 4.79 Å². The number of hydrogen-bond donors (Lipinski definition) is 0. The van der Waals surface area contributed by atoms with Gasteiger partial charge in [-0.05, 0) is 17.8 Å². The van der Waals surface area contributed by atoms with E-state index in [1.807, 2.05) is 6.92 Å². The van der Waals surface area contributed by atoms with Gasteiger partial charge in [0.05, 0.1) is 0 Å². The summed E-state index contributed by atoms with van der Waals surface area (Å²) in [5.41, 5.74) is 0.0802. The van der Waals surface area contributed by atoms with Crippen LogP contribution in [0.3, 0.4) is 0 Å². The van der Waals surface area contributed by atoms with Crippen LogP contribution in [0.4, 0.5) is 0 Å². The first-order valence-electron chi connectivity index (χ1n) is 5.67. The number of hydrogen-bond acceptors (Lipinski definition) is 1. The first-order chi connectivity index (χ1) is 6.13. The van der Waals surface area contributed by atoms with Crippen molar-refractivity contribution in [1.82, 2.24) is 0 Å². The van der Waals surface area contributed by atoms with E-state index in [1.165, 1.54) is 0 Å². The van der Waals surface area contributed by atoms with Gasteiger partial charge in [-0.15, -0.1) is 0 Å². The standard InChI is InChI=1S/C13H26O/c1-8-11(14)13(7,10(2)3)9-12(4,5)6/h10H,8-9H2,1-7H3. The average Bonchev–Trinajstić information content (AvgIpc) is 1.99. The molecule has 0 saturated carbocycles. The molecular weight excluding hydrogens is 172 g/mol. The molecule has 14 heavy (non-hydrogen) atoms. The van der Waals surface area contributed by atoms with Crippen molar-refractivity contribution >= 4 is 5.78 Å². The van der Waals surface area contributed by atoms with Crippen molar-refractivity contribution in [2.24, 2.45) is 16.7 Å². The maximum absolute atomic E-state index is 12.0. The summed E-state index contributed by atoms with van der Waals surface area (Å²) in [5.74, 6) is 0.830. The molecule has 84 valence electrons. The van der Waals surface area contributed by atoms with Gasteiger partial charge in [0, 0.05) is 11.8 Å². The Labute approximate surface area is 89.3 Å². The Balaban J connectivity index is 4.83. The first kappa shape index (κ1) is 13.7. The maximum atomic E-state index is 12.0. The summed E-state index contributed by atoms with van der Waals surface area (Å²) in [6.45, 7) is 15.0. The highest BCUT2D eigenvalue weighted by atomic mass is 16.1. The van der Waals surface area contributed by atoms with Gasteiger partial charge in [0.1, 0.15) is 5.78 Å². The zero-order valence-electron chi connectivity index (χ0n) is 10.9. The second-order valence-corrected chi connectivity index (χ2v) is 6.09. The van der Waals surface area contributed by atoms with E-state index in [9.17, 15) is 4.79 Å². The predicted octanol–water partition coefficient (Wildman–Crippen LogP) is 4.06. The van der Waals surface area contributed by atoms with Crippen LogP contribution in [-0.4, -0.2) is 5.78 Å². The smallest absolute Gasteiger partial charge is 0.138 e. The molecule has 0 saturated heterocycles. The number of Topliss-reactive ketones (excluding diaryl/α,β-unsaturated/α-hetero) is 1. The van der Waals surface area contributed by atoms with Crippen molar-refractivity contribution < 1.29 is 4.79 Å². The first-order valence-corrected chi connectivity index (χ1v) is 5.67. The fourth-order valence-corrected chi connectivity index (χ4v) is 2.13. The molecule has 0 radical (unpaired) electrons. The molecular formula is C13H26O. The Hall–Kier alpha value is -0.330. The summed E-state index contributed by atoms with van der Waals surface area (Å²) >= 11 is 0. The topological polar surface area (TPSA) is 17.1 Å². The zero-order valence-corrected chi connectivity index (χ0v) is 10.9. The van der Waals surface area contributed by atoms with Crippen LogP contribution in [0.15, 0.2) is 0 Å². The molecule has 0 aliphatic heterocycles. The van der Waals surface area contributed by atoms with Crippen molar-refractivity contribution in [3.8, 4) is 0 Å². The highest BCUT2D eigenvalue weighted by molar-refractivity contribution is 5.84. The van der Waals surface area contributed by atoms with Gasteiger partial charge in [0.2, 0.25) is 0 Å². The van der Waals surface area contributed by atoms with Crippen LogP contribution in [0.5, 0.6) is 0 Å². The normalized spacial score (nSPS) is 16.9. The minimum Gasteiger partial charge on any atom is -0.299 e. The zero-order chi connectivity index (χ0) is 11.6. The lowest BCUT2D eigenvalue weighted by Crippen LogP contribution is -2.36. The molecule has 0 aromatic rings. The Morgan fingerprint density at radius 1 is 1.14 bits per heavy atom. The minimum absolute atomic E-state index is 0.146. The number of ketones is 1. The summed E-state index contributed by atoms with van der Waals surface area (Å²) in [6, 6.07) is 0. The fourth-order valence-electron chi connectivity index (χ4n) is 2.13. The van der Waals surface area contributed by atoms with E-state index in [0.29, 0.717) is 18.1 Å². The molecule has 0 amide bonds. The van der Waals surface area contributed by atoms with E-state index in [1.54, 1.807) is 0 Å². The van der Waals surface area contributed by atoms with Crippen molar-refractivity contribution in [1.29, 1.82) is 0 Å². The lowest BCUT2D eigenvalue weighted by atomic mass is 9.66. The van der Waals surface area contributed by atoms with Crippen LogP contribution in [0, 0.1) is 16.7 Å². The molecule has 1 unspecified atom stereocenters. The summed E-state index contributed by atoms with van der Waals surface area (Å²) < 4.78 is 0. The van der Waals surface area contributed by atoms with Gasteiger partial charge in [-0.25, -0.2) is 0 Å². The van der Waals surface area contributed by atoms with E-state index in [4.69, 9.17) is 0 Å². The lowest BCUT2D eigenvalue weighted by molar-refractivity contribution is -0.131. The van der Waals surface area contributed by atoms with Gasteiger partial charge in [-0.1, -0.05) is 48.5 Å². The third-order valence-corrected chi connectivity index (χ3v) is 3.13. The van der Waals surface area contributed by atoms with Gasteiger partial charge in [0.25, 0.3) is 0 Å². The number of carbonyl (C=O) groups is 1. The lowest BCUT2D eigenvalue weighted by Gasteiger charge is -2.37. The van der Waals surface area contributed by atoms with Crippen molar-refractivity contribution in [2.75, 3.05) is 0 Å². The highest BCUT2D eigenvalue weighted by Crippen LogP contribution is 2.40. The van der Waals surface area contributed by atoms with Crippen LogP contribution in [0.1, 0.15) is 61.3 Å². The second kappa shape index (κ2) is 4.46. The molecule has 0 spiro atoms. The van der Waals surface area contributed by atoms with Crippen LogP contribution >= 0.6 is 0 Å². The monoisotopic (exact) mass is 198 g/mol. The Kier molecular flexibility index (Phi) is 4.35. The fraction of sp³-hybridized carbons (Fsp3) is 0.923. The summed E-state index contributed by atoms with van der Waals surface area (Å²) in [5, 5.41) is 0. The van der Waals surface area contributed by atoms with Crippen molar-refractivity contribution in [3.05, 3.63) is 0 Å². The summed E-state index contributed by atoms with van der Waals surface area (Å²) in [7, 11) is 0. The molecule has 0 aromatic carbocycles. The minimum atomic E-state index is -0.146. The van der Waals surface area contributed by atoms with Crippen LogP contribution < -0.4 is 0 Å². The van der Waals surface area contributed by atoms with E-state index < -0.39 is 0 Å². The van der Waals surface area contributed by atoms with Crippen LogP contribution in [0.2, 0.25) is 0 Å². The van der Waals surface area contributed by atoms with E-state index in [-0.39, 0.29) is 10.8 Å². The predicted molar refractivity (Wildman–Crippen MR) is 62.3 cm³/mol. The van der Waals surface area contributed by atoms with Crippen LogP contribution in [0.25, 0.3) is 0 Å². The molecule has 0 heterocycles. The maximum Gasteiger partial charge on any atom is 0.138 e. The second-order valence-electron chi connectivity index (χ2n) is 6.09. The third kappa shape index (κ3) is 3.43. The molecule has 1 atom stereocenters. The molecule has 1 heteroatoms. The molecule has 1 nitrogen and oxygen atoms in total.